The highest BCUT2D eigenvalue weighted by atomic mass is 35.5. The van der Waals surface area contributed by atoms with Gasteiger partial charge in [-0.05, 0) is 64.2 Å². The quantitative estimate of drug-likeness (QED) is 0.0278. The van der Waals surface area contributed by atoms with Crippen molar-refractivity contribution in [2.75, 3.05) is 52.6 Å². The minimum atomic E-state index is -0.0829. The fraction of sp³-hybridized carbons (Fsp3) is 0.864. The summed E-state index contributed by atoms with van der Waals surface area (Å²) in [7, 11) is 0. The lowest BCUT2D eigenvalue weighted by atomic mass is 10.1. The summed E-state index contributed by atoms with van der Waals surface area (Å²) >= 11 is 0. The number of rotatable bonds is 36. The van der Waals surface area contributed by atoms with Gasteiger partial charge in [0.1, 0.15) is 39.4 Å². The molecule has 0 saturated carbocycles. The molecule has 1 rings (SSSR count). The number of allylic oxidation sites excluding steroid dienone is 4. The average Bonchev–Trinajstić information content (AvgIpc) is 3.12. The monoisotopic (exact) mass is 740 g/mol. The van der Waals surface area contributed by atoms with Crippen LogP contribution in [0, 0.1) is 0 Å². The van der Waals surface area contributed by atoms with Crippen molar-refractivity contribution in [3.63, 3.8) is 0 Å². The highest BCUT2D eigenvalue weighted by Gasteiger charge is 2.31. The van der Waals surface area contributed by atoms with E-state index in [2.05, 4.69) is 38.2 Å². The van der Waals surface area contributed by atoms with E-state index in [0.29, 0.717) is 39.3 Å². The zero-order valence-corrected chi connectivity index (χ0v) is 34.4. The SMILES string of the molecule is CCCCCCCC/C=C\CCCCCCCC(=O)OCC[N+]1(CCOC(=O)CCCCCCC/C=C\CCCCCCCC)CCOCC1.[Cl-]. The maximum atomic E-state index is 12.4. The lowest BCUT2D eigenvalue weighted by Gasteiger charge is -2.40. The zero-order chi connectivity index (χ0) is 36.1. The zero-order valence-electron chi connectivity index (χ0n) is 33.6. The standard InChI is InChI=1S/C44H82NO5.ClH/c1-3-5-7-9-11-13-15-17-19-21-23-25-27-29-31-33-43(46)49-41-37-45(35-39-48-40-36-45)38-42-50-44(47)34-32-30-28-26-24-22-20-18-16-14-12-10-8-6-4-2;/h17-20H,3-16,21-42H2,1-2H3;1H/q+1;/p-1/b19-17-,20-18-;. The molecule has 0 spiro atoms. The van der Waals surface area contributed by atoms with Crippen LogP contribution in [0.15, 0.2) is 24.3 Å². The maximum absolute atomic E-state index is 12.4. The molecular weight excluding hydrogens is 658 g/mol. The minimum Gasteiger partial charge on any atom is -1.00 e. The summed E-state index contributed by atoms with van der Waals surface area (Å²) < 4.78 is 17.7. The molecule has 0 unspecified atom stereocenters. The number of ether oxygens (including phenoxy) is 3. The van der Waals surface area contributed by atoms with E-state index in [-0.39, 0.29) is 24.3 Å². The van der Waals surface area contributed by atoms with Crippen LogP contribution in [0.3, 0.4) is 0 Å². The van der Waals surface area contributed by atoms with Gasteiger partial charge in [0.15, 0.2) is 0 Å². The molecule has 0 aromatic rings. The molecule has 1 fully saturated rings. The van der Waals surface area contributed by atoms with E-state index >= 15 is 0 Å². The van der Waals surface area contributed by atoms with E-state index in [1.54, 1.807) is 0 Å². The smallest absolute Gasteiger partial charge is 0.305 e. The molecule has 0 radical (unpaired) electrons. The van der Waals surface area contributed by atoms with Crippen LogP contribution in [0.2, 0.25) is 0 Å². The van der Waals surface area contributed by atoms with Gasteiger partial charge in [0, 0.05) is 12.8 Å². The minimum absolute atomic E-state index is 0. The Kier molecular flexibility index (Phi) is 37.3. The number of hydrogen-bond acceptors (Lipinski definition) is 5. The van der Waals surface area contributed by atoms with Crippen LogP contribution in [0.4, 0.5) is 0 Å². The largest absolute Gasteiger partial charge is 1.00 e. The van der Waals surface area contributed by atoms with E-state index < -0.39 is 0 Å². The van der Waals surface area contributed by atoms with Crippen molar-refractivity contribution in [3.8, 4) is 0 Å². The topological polar surface area (TPSA) is 61.8 Å². The van der Waals surface area contributed by atoms with Crippen LogP contribution in [-0.4, -0.2) is 69.0 Å². The van der Waals surface area contributed by atoms with Gasteiger partial charge in [-0.25, -0.2) is 0 Å². The molecule has 0 N–H and O–H groups in total. The van der Waals surface area contributed by atoms with Crippen molar-refractivity contribution in [2.24, 2.45) is 0 Å². The summed E-state index contributed by atoms with van der Waals surface area (Å²) in [5.41, 5.74) is 0. The van der Waals surface area contributed by atoms with Crippen LogP contribution in [0.25, 0.3) is 0 Å². The van der Waals surface area contributed by atoms with Crippen LogP contribution in [0.1, 0.15) is 194 Å². The van der Waals surface area contributed by atoms with E-state index in [4.69, 9.17) is 14.2 Å². The Morgan fingerprint density at radius 2 is 0.804 bits per heavy atom. The van der Waals surface area contributed by atoms with Crippen molar-refractivity contribution in [2.45, 2.75) is 194 Å². The molecule has 0 aromatic heterocycles. The summed E-state index contributed by atoms with van der Waals surface area (Å²) in [5.74, 6) is -0.166. The third-order valence-electron chi connectivity index (χ3n) is 10.4. The Morgan fingerprint density at radius 1 is 0.490 bits per heavy atom. The Labute approximate surface area is 322 Å². The molecule has 0 amide bonds. The molecule has 1 aliphatic rings. The summed E-state index contributed by atoms with van der Waals surface area (Å²) in [6.07, 6.45) is 43.0. The summed E-state index contributed by atoms with van der Waals surface area (Å²) in [6, 6.07) is 0. The lowest BCUT2D eigenvalue weighted by Crippen LogP contribution is -3.00. The van der Waals surface area contributed by atoms with Crippen LogP contribution < -0.4 is 12.4 Å². The number of unbranched alkanes of at least 4 members (excludes halogenated alkanes) is 22. The number of nitrogens with zero attached hydrogens (tertiary/aromatic N) is 1. The van der Waals surface area contributed by atoms with Gasteiger partial charge in [0.05, 0.1) is 13.2 Å². The normalized spacial score (nSPS) is 14.2. The molecule has 0 bridgehead atoms. The second-order valence-corrected chi connectivity index (χ2v) is 15.0. The Hall–Kier alpha value is -1.37. The predicted molar refractivity (Wildman–Crippen MR) is 211 cm³/mol. The first-order valence-electron chi connectivity index (χ1n) is 21.7. The van der Waals surface area contributed by atoms with E-state index in [1.165, 1.54) is 141 Å². The molecular formula is C44H82ClNO5. The second-order valence-electron chi connectivity index (χ2n) is 15.0. The van der Waals surface area contributed by atoms with Gasteiger partial charge in [-0.3, -0.25) is 9.59 Å². The highest BCUT2D eigenvalue weighted by molar-refractivity contribution is 5.69. The van der Waals surface area contributed by atoms with Gasteiger partial charge in [-0.2, -0.15) is 0 Å². The number of halogens is 1. The molecule has 1 saturated heterocycles. The van der Waals surface area contributed by atoms with Crippen molar-refractivity contribution in [3.05, 3.63) is 24.3 Å². The first kappa shape index (κ1) is 49.6. The number of esters is 2. The Morgan fingerprint density at radius 3 is 1.16 bits per heavy atom. The average molecular weight is 741 g/mol. The predicted octanol–water partition coefficient (Wildman–Crippen LogP) is 9.00. The second kappa shape index (κ2) is 38.4. The number of carbonyl (C=O) groups excluding carboxylic acids is 2. The maximum Gasteiger partial charge on any atom is 0.305 e. The van der Waals surface area contributed by atoms with Crippen LogP contribution >= 0.6 is 0 Å². The fourth-order valence-corrected chi connectivity index (χ4v) is 6.82. The van der Waals surface area contributed by atoms with Gasteiger partial charge in [0.2, 0.25) is 0 Å². The van der Waals surface area contributed by atoms with Crippen molar-refractivity contribution in [1.82, 2.24) is 0 Å². The van der Waals surface area contributed by atoms with Crippen molar-refractivity contribution in [1.29, 1.82) is 0 Å². The molecule has 300 valence electrons. The Bertz CT molecular complexity index is 766. The van der Waals surface area contributed by atoms with E-state index in [9.17, 15) is 9.59 Å². The summed E-state index contributed by atoms with van der Waals surface area (Å²) in [4.78, 5) is 24.7. The first-order valence-corrected chi connectivity index (χ1v) is 21.7. The molecule has 7 heteroatoms. The third kappa shape index (κ3) is 33.0. The van der Waals surface area contributed by atoms with Crippen LogP contribution in [0.5, 0.6) is 0 Å². The third-order valence-corrected chi connectivity index (χ3v) is 10.4. The molecule has 0 aliphatic carbocycles. The molecule has 0 atom stereocenters. The molecule has 51 heavy (non-hydrogen) atoms. The van der Waals surface area contributed by atoms with Gasteiger partial charge < -0.3 is 31.1 Å². The van der Waals surface area contributed by atoms with Crippen molar-refractivity contribution >= 4 is 11.9 Å². The highest BCUT2D eigenvalue weighted by Crippen LogP contribution is 2.14. The van der Waals surface area contributed by atoms with Gasteiger partial charge in [-0.15, -0.1) is 0 Å². The summed E-state index contributed by atoms with van der Waals surface area (Å²) in [6.45, 7) is 10.0. The van der Waals surface area contributed by atoms with Crippen molar-refractivity contribution < 1.29 is 40.7 Å². The fourth-order valence-electron chi connectivity index (χ4n) is 6.82. The first-order chi connectivity index (χ1) is 24.6. The Balaban J connectivity index is 0.0000250. The van der Waals surface area contributed by atoms with Crippen LogP contribution in [-0.2, 0) is 23.8 Å². The van der Waals surface area contributed by atoms with E-state index in [1.807, 2.05) is 0 Å². The number of carbonyl (C=O) groups is 2. The number of morpholine rings is 1. The van der Waals surface area contributed by atoms with E-state index in [0.717, 1.165) is 56.3 Å². The van der Waals surface area contributed by atoms with Gasteiger partial charge in [0.25, 0.3) is 0 Å². The number of quaternary nitrogens is 1. The number of hydrogen-bond donors (Lipinski definition) is 0. The lowest BCUT2D eigenvalue weighted by molar-refractivity contribution is -0.935. The van der Waals surface area contributed by atoms with Gasteiger partial charge in [-0.1, -0.05) is 141 Å². The molecule has 6 nitrogen and oxygen atoms in total. The molecule has 1 heterocycles. The van der Waals surface area contributed by atoms with Gasteiger partial charge >= 0.3 is 11.9 Å². The molecule has 1 aliphatic heterocycles. The summed E-state index contributed by atoms with van der Waals surface area (Å²) in [5, 5.41) is 0. The molecule has 0 aromatic carbocycles.